The summed E-state index contributed by atoms with van der Waals surface area (Å²) in [6.07, 6.45) is 4.76. The molecule has 7 heteroatoms. The molecule has 0 aliphatic carbocycles. The number of benzene rings is 1. The van der Waals surface area contributed by atoms with Gasteiger partial charge in [0.05, 0.1) is 18.9 Å². The summed E-state index contributed by atoms with van der Waals surface area (Å²) in [5.74, 6) is 0.291. The van der Waals surface area contributed by atoms with E-state index >= 15 is 0 Å². The maximum atomic E-state index is 12.3. The van der Waals surface area contributed by atoms with E-state index in [0.29, 0.717) is 25.6 Å². The average Bonchev–Trinajstić information content (AvgIpc) is 2.99. The Morgan fingerprint density at radius 2 is 1.96 bits per heavy atom. The summed E-state index contributed by atoms with van der Waals surface area (Å²) >= 11 is 0. The highest BCUT2D eigenvalue weighted by molar-refractivity contribution is 7.88. The van der Waals surface area contributed by atoms with Gasteiger partial charge in [-0.05, 0) is 43.7 Å². The molecule has 1 fully saturated rings. The standard InChI is InChI=1S/C19H26N2O4S/c1-13-4-5-17-16(12-25-19(17)14(13)2)10-18(22)20-11-15-6-8-21(9-7-15)26(3,23)24/h4-5,12,15H,6-11H2,1-3H3,(H,20,22). The van der Waals surface area contributed by atoms with Crippen LogP contribution in [0.25, 0.3) is 11.0 Å². The average molecular weight is 378 g/mol. The van der Waals surface area contributed by atoms with Crippen LogP contribution in [0.1, 0.15) is 29.5 Å². The molecule has 0 spiro atoms. The van der Waals surface area contributed by atoms with Crippen molar-refractivity contribution in [2.24, 2.45) is 5.92 Å². The lowest BCUT2D eigenvalue weighted by molar-refractivity contribution is -0.120. The molecule has 1 aliphatic heterocycles. The van der Waals surface area contributed by atoms with Crippen molar-refractivity contribution in [1.82, 2.24) is 9.62 Å². The number of sulfonamides is 1. The maximum Gasteiger partial charge on any atom is 0.224 e. The first-order valence-electron chi connectivity index (χ1n) is 8.94. The number of carbonyl (C=O) groups is 1. The van der Waals surface area contributed by atoms with Crippen LogP contribution in [0, 0.1) is 19.8 Å². The number of hydrogen-bond acceptors (Lipinski definition) is 4. The van der Waals surface area contributed by atoms with Crippen LogP contribution in [0.3, 0.4) is 0 Å². The molecular weight excluding hydrogens is 352 g/mol. The molecule has 6 nitrogen and oxygen atoms in total. The zero-order valence-electron chi connectivity index (χ0n) is 15.5. The summed E-state index contributed by atoms with van der Waals surface area (Å²) in [5.41, 5.74) is 4.02. The van der Waals surface area contributed by atoms with Gasteiger partial charge in [0.25, 0.3) is 0 Å². The van der Waals surface area contributed by atoms with Crippen LogP contribution in [0.15, 0.2) is 22.8 Å². The lowest BCUT2D eigenvalue weighted by Gasteiger charge is -2.30. The van der Waals surface area contributed by atoms with E-state index in [1.54, 1.807) is 6.26 Å². The van der Waals surface area contributed by atoms with Crippen LogP contribution in [-0.2, 0) is 21.2 Å². The molecule has 1 N–H and O–H groups in total. The van der Waals surface area contributed by atoms with E-state index in [2.05, 4.69) is 5.32 Å². The van der Waals surface area contributed by atoms with E-state index in [0.717, 1.165) is 34.9 Å². The Balaban J connectivity index is 1.53. The highest BCUT2D eigenvalue weighted by Gasteiger charge is 2.25. The first-order chi connectivity index (χ1) is 12.3. The van der Waals surface area contributed by atoms with Gasteiger partial charge >= 0.3 is 0 Å². The molecule has 0 atom stereocenters. The minimum atomic E-state index is -3.11. The molecule has 0 bridgehead atoms. The molecule has 2 aromatic rings. The summed E-state index contributed by atoms with van der Waals surface area (Å²) in [4.78, 5) is 12.3. The zero-order chi connectivity index (χ0) is 18.9. The summed E-state index contributed by atoms with van der Waals surface area (Å²) in [6.45, 7) is 5.71. The molecule has 0 radical (unpaired) electrons. The smallest absolute Gasteiger partial charge is 0.224 e. The van der Waals surface area contributed by atoms with Crippen molar-refractivity contribution in [3.8, 4) is 0 Å². The van der Waals surface area contributed by atoms with Crippen LogP contribution < -0.4 is 5.32 Å². The highest BCUT2D eigenvalue weighted by atomic mass is 32.2. The number of carbonyl (C=O) groups excluding carboxylic acids is 1. The number of piperidine rings is 1. The van der Waals surface area contributed by atoms with Gasteiger partial charge < -0.3 is 9.73 Å². The van der Waals surface area contributed by atoms with Crippen LogP contribution in [-0.4, -0.2) is 44.5 Å². The van der Waals surface area contributed by atoms with Crippen molar-refractivity contribution in [3.63, 3.8) is 0 Å². The molecule has 1 aromatic carbocycles. The number of fused-ring (bicyclic) bond motifs is 1. The second kappa shape index (κ2) is 7.40. The summed E-state index contributed by atoms with van der Waals surface area (Å²) < 4.78 is 30.2. The monoisotopic (exact) mass is 378 g/mol. The van der Waals surface area contributed by atoms with Crippen LogP contribution in [0.2, 0.25) is 0 Å². The fourth-order valence-electron chi connectivity index (χ4n) is 3.46. The predicted octanol–water partition coefficient (Wildman–Crippen LogP) is 2.38. The van der Waals surface area contributed by atoms with Crippen LogP contribution >= 0.6 is 0 Å². The Hall–Kier alpha value is -1.86. The number of nitrogens with zero attached hydrogens (tertiary/aromatic N) is 1. The Bertz CT molecular complexity index is 909. The summed E-state index contributed by atoms with van der Waals surface area (Å²) in [6, 6.07) is 4.05. The van der Waals surface area contributed by atoms with Crippen molar-refractivity contribution in [1.29, 1.82) is 0 Å². The van der Waals surface area contributed by atoms with Crippen LogP contribution in [0.4, 0.5) is 0 Å². The second-order valence-electron chi connectivity index (χ2n) is 7.23. The summed E-state index contributed by atoms with van der Waals surface area (Å²) in [7, 11) is -3.11. The number of amides is 1. The van der Waals surface area contributed by atoms with E-state index in [1.165, 1.54) is 16.1 Å². The fourth-order valence-corrected chi connectivity index (χ4v) is 4.34. The number of aryl methyl sites for hydroxylation is 2. The SMILES string of the molecule is Cc1ccc2c(CC(=O)NCC3CCN(S(C)(=O)=O)CC3)coc2c1C. The van der Waals surface area contributed by atoms with Gasteiger partial charge in [-0.1, -0.05) is 12.1 Å². The van der Waals surface area contributed by atoms with Crippen molar-refractivity contribution in [2.75, 3.05) is 25.9 Å². The van der Waals surface area contributed by atoms with E-state index in [1.807, 2.05) is 26.0 Å². The molecule has 1 aromatic heterocycles. The minimum Gasteiger partial charge on any atom is -0.464 e. The van der Waals surface area contributed by atoms with Gasteiger partial charge in [-0.25, -0.2) is 12.7 Å². The topological polar surface area (TPSA) is 79.6 Å². The maximum absolute atomic E-state index is 12.3. The van der Waals surface area contributed by atoms with Gasteiger partial charge in [0, 0.05) is 30.6 Å². The van der Waals surface area contributed by atoms with Gasteiger partial charge in [-0.15, -0.1) is 0 Å². The molecule has 0 saturated carbocycles. The van der Waals surface area contributed by atoms with Crippen molar-refractivity contribution >= 4 is 26.9 Å². The third-order valence-corrected chi connectivity index (χ3v) is 6.63. The van der Waals surface area contributed by atoms with E-state index in [4.69, 9.17) is 4.42 Å². The van der Waals surface area contributed by atoms with Gasteiger partial charge in [-0.2, -0.15) is 0 Å². The fraction of sp³-hybridized carbons (Fsp3) is 0.526. The Kier molecular flexibility index (Phi) is 5.39. The first-order valence-corrected chi connectivity index (χ1v) is 10.8. The lowest BCUT2D eigenvalue weighted by atomic mass is 9.98. The van der Waals surface area contributed by atoms with E-state index in [-0.39, 0.29) is 12.3 Å². The zero-order valence-corrected chi connectivity index (χ0v) is 16.4. The highest BCUT2D eigenvalue weighted by Crippen LogP contribution is 2.26. The number of furan rings is 1. The van der Waals surface area contributed by atoms with E-state index in [9.17, 15) is 13.2 Å². The first kappa shape index (κ1) is 18.9. The quantitative estimate of drug-likeness (QED) is 0.866. The second-order valence-corrected chi connectivity index (χ2v) is 9.21. The molecule has 0 unspecified atom stereocenters. The largest absolute Gasteiger partial charge is 0.464 e. The minimum absolute atomic E-state index is 0.0310. The Morgan fingerprint density at radius 3 is 2.62 bits per heavy atom. The molecule has 2 heterocycles. The Morgan fingerprint density at radius 1 is 1.27 bits per heavy atom. The third kappa shape index (κ3) is 4.10. The number of nitrogens with one attached hydrogen (secondary N) is 1. The van der Waals surface area contributed by atoms with Gasteiger partial charge in [0.1, 0.15) is 5.58 Å². The van der Waals surface area contributed by atoms with E-state index < -0.39 is 10.0 Å². The molecule has 26 heavy (non-hydrogen) atoms. The number of hydrogen-bond donors (Lipinski definition) is 1. The van der Waals surface area contributed by atoms with Gasteiger partial charge in [0.2, 0.25) is 15.9 Å². The molecular formula is C19H26N2O4S. The normalized spacial score (nSPS) is 16.9. The van der Waals surface area contributed by atoms with Crippen LogP contribution in [0.5, 0.6) is 0 Å². The molecule has 1 amide bonds. The molecule has 142 valence electrons. The number of rotatable bonds is 5. The summed E-state index contributed by atoms with van der Waals surface area (Å²) in [5, 5.41) is 3.98. The van der Waals surface area contributed by atoms with Crippen molar-refractivity contribution in [3.05, 3.63) is 35.1 Å². The molecule has 1 saturated heterocycles. The van der Waals surface area contributed by atoms with Gasteiger partial charge in [0.15, 0.2) is 0 Å². The molecule has 3 rings (SSSR count). The third-order valence-electron chi connectivity index (χ3n) is 5.32. The Labute approximate surface area is 154 Å². The van der Waals surface area contributed by atoms with Crippen molar-refractivity contribution < 1.29 is 17.6 Å². The predicted molar refractivity (Wildman–Crippen MR) is 102 cm³/mol. The van der Waals surface area contributed by atoms with Crippen molar-refractivity contribution in [2.45, 2.75) is 33.1 Å². The molecule has 1 aliphatic rings. The lowest BCUT2D eigenvalue weighted by Crippen LogP contribution is -2.41. The van der Waals surface area contributed by atoms with Gasteiger partial charge in [-0.3, -0.25) is 4.79 Å².